The monoisotopic (exact) mass is 275 g/mol. The van der Waals surface area contributed by atoms with Crippen LogP contribution in [-0.4, -0.2) is 38.2 Å². The quantitative estimate of drug-likeness (QED) is 0.920. The minimum Gasteiger partial charge on any atom is -0.390 e. The normalized spacial score (nSPS) is 35.3. The lowest BCUT2D eigenvalue weighted by Crippen LogP contribution is -2.48. The van der Waals surface area contributed by atoms with Crippen LogP contribution in [0.15, 0.2) is 18.5 Å². The Morgan fingerprint density at radius 2 is 2.05 bits per heavy atom. The van der Waals surface area contributed by atoms with Crippen molar-refractivity contribution in [2.75, 3.05) is 6.54 Å². The van der Waals surface area contributed by atoms with Crippen molar-refractivity contribution >= 4 is 0 Å². The average Bonchev–Trinajstić information content (AvgIpc) is 2.87. The number of nitrogens with zero attached hydrogens (tertiary/aromatic N) is 3. The van der Waals surface area contributed by atoms with Gasteiger partial charge >= 0.3 is 0 Å². The zero-order valence-electron chi connectivity index (χ0n) is 12.3. The van der Waals surface area contributed by atoms with Gasteiger partial charge in [0.1, 0.15) is 5.82 Å². The Morgan fingerprint density at radius 3 is 2.80 bits per heavy atom. The van der Waals surface area contributed by atoms with Crippen LogP contribution in [0.3, 0.4) is 0 Å². The minimum atomic E-state index is -0.497. The molecule has 1 aliphatic heterocycles. The molecule has 0 unspecified atom stereocenters. The van der Waals surface area contributed by atoms with Gasteiger partial charge < -0.3 is 5.11 Å². The summed E-state index contributed by atoms with van der Waals surface area (Å²) in [6, 6.07) is 2.35. The van der Waals surface area contributed by atoms with Gasteiger partial charge in [-0.15, -0.1) is 0 Å². The maximum Gasteiger partial charge on any atom is 0.142 e. The van der Waals surface area contributed by atoms with Gasteiger partial charge in [-0.25, -0.2) is 9.97 Å². The van der Waals surface area contributed by atoms with Crippen LogP contribution in [0.4, 0.5) is 0 Å². The summed E-state index contributed by atoms with van der Waals surface area (Å²) in [7, 11) is 0. The highest BCUT2D eigenvalue weighted by Crippen LogP contribution is 2.40. The molecule has 3 atom stereocenters. The fourth-order valence-electron chi connectivity index (χ4n) is 4.05. The first kappa shape index (κ1) is 14.0. The zero-order chi connectivity index (χ0) is 14.0. The Bertz CT molecular complexity index is 435. The van der Waals surface area contributed by atoms with Crippen molar-refractivity contribution in [3.8, 4) is 0 Å². The summed E-state index contributed by atoms with van der Waals surface area (Å²) in [5.74, 6) is 1.30. The molecule has 0 amide bonds. The molecule has 1 aromatic rings. The molecule has 4 heteroatoms. The summed E-state index contributed by atoms with van der Waals surface area (Å²) >= 11 is 0. The van der Waals surface area contributed by atoms with Crippen LogP contribution >= 0.6 is 0 Å². The lowest BCUT2D eigenvalue weighted by molar-refractivity contribution is -0.0631. The molecule has 20 heavy (non-hydrogen) atoms. The van der Waals surface area contributed by atoms with E-state index in [2.05, 4.69) is 14.9 Å². The van der Waals surface area contributed by atoms with Gasteiger partial charge in [-0.1, -0.05) is 12.8 Å². The van der Waals surface area contributed by atoms with Crippen LogP contribution in [0.5, 0.6) is 0 Å². The highest BCUT2D eigenvalue weighted by molar-refractivity contribution is 4.98. The second-order valence-corrected chi connectivity index (χ2v) is 6.55. The molecule has 1 aliphatic carbocycles. The highest BCUT2D eigenvalue weighted by atomic mass is 16.3. The molecular weight excluding hydrogens is 250 g/mol. The molecule has 2 fully saturated rings. The molecule has 0 radical (unpaired) electrons. The second kappa shape index (κ2) is 5.78. The van der Waals surface area contributed by atoms with E-state index in [-0.39, 0.29) is 0 Å². The van der Waals surface area contributed by atoms with E-state index >= 15 is 0 Å². The molecule has 2 aliphatic rings. The third-order valence-electron chi connectivity index (χ3n) is 5.09. The number of hydrogen-bond acceptors (Lipinski definition) is 4. The van der Waals surface area contributed by atoms with Gasteiger partial charge in [0.05, 0.1) is 12.1 Å². The van der Waals surface area contributed by atoms with Gasteiger partial charge in [-0.05, 0) is 45.2 Å². The lowest BCUT2D eigenvalue weighted by atomic mass is 9.72. The van der Waals surface area contributed by atoms with E-state index in [1.54, 1.807) is 0 Å². The van der Waals surface area contributed by atoms with E-state index in [1.165, 1.54) is 19.3 Å². The summed E-state index contributed by atoms with van der Waals surface area (Å²) in [4.78, 5) is 11.2. The number of aromatic nitrogens is 2. The minimum absolute atomic E-state index is 0.405. The molecule has 1 aromatic heterocycles. The van der Waals surface area contributed by atoms with Crippen LogP contribution in [0.2, 0.25) is 0 Å². The lowest BCUT2D eigenvalue weighted by Gasteiger charge is -2.43. The standard InChI is InChI=1S/C16H25N3O/c1-16(20)8-3-2-6-13(16)14-7-4-11-19(14)12-15-17-9-5-10-18-15/h5,9-10,13-14,20H,2-4,6-8,11-12H2,1H3/t13-,14+,16+/m1/s1. The molecular formula is C16H25N3O. The van der Waals surface area contributed by atoms with Crippen LogP contribution in [-0.2, 0) is 6.54 Å². The van der Waals surface area contributed by atoms with Gasteiger partial charge in [0.2, 0.25) is 0 Å². The summed E-state index contributed by atoms with van der Waals surface area (Å²) in [5, 5.41) is 10.7. The van der Waals surface area contributed by atoms with Gasteiger partial charge in [0.15, 0.2) is 0 Å². The highest BCUT2D eigenvalue weighted by Gasteiger charge is 2.43. The van der Waals surface area contributed by atoms with Crippen LogP contribution < -0.4 is 0 Å². The first-order valence-electron chi connectivity index (χ1n) is 7.89. The SMILES string of the molecule is C[C@]1(O)CCCC[C@@H]1[C@@H]1CCCN1Cc1ncccn1. The zero-order valence-corrected chi connectivity index (χ0v) is 12.3. The first-order valence-corrected chi connectivity index (χ1v) is 7.89. The van der Waals surface area contributed by atoms with Gasteiger partial charge in [-0.2, -0.15) is 0 Å². The molecule has 110 valence electrons. The van der Waals surface area contributed by atoms with E-state index in [0.29, 0.717) is 12.0 Å². The molecule has 0 spiro atoms. The van der Waals surface area contributed by atoms with Crippen molar-refractivity contribution in [2.24, 2.45) is 5.92 Å². The molecule has 2 heterocycles. The van der Waals surface area contributed by atoms with Crippen molar-refractivity contribution in [2.45, 2.75) is 63.6 Å². The Kier molecular flexibility index (Phi) is 4.03. The Morgan fingerprint density at radius 1 is 1.25 bits per heavy atom. The number of likely N-dealkylation sites (tertiary alicyclic amines) is 1. The van der Waals surface area contributed by atoms with Crippen molar-refractivity contribution < 1.29 is 5.11 Å². The molecule has 0 bridgehead atoms. The van der Waals surface area contributed by atoms with Crippen molar-refractivity contribution in [3.05, 3.63) is 24.3 Å². The van der Waals surface area contributed by atoms with Crippen LogP contribution in [0.1, 0.15) is 51.3 Å². The Balaban J connectivity index is 1.72. The van der Waals surface area contributed by atoms with Gasteiger partial charge in [0, 0.05) is 24.4 Å². The van der Waals surface area contributed by atoms with E-state index in [1.807, 2.05) is 25.4 Å². The van der Waals surface area contributed by atoms with Crippen molar-refractivity contribution in [1.82, 2.24) is 14.9 Å². The van der Waals surface area contributed by atoms with Crippen molar-refractivity contribution in [3.63, 3.8) is 0 Å². The molecule has 0 aromatic carbocycles. The fourth-order valence-corrected chi connectivity index (χ4v) is 4.05. The molecule has 4 nitrogen and oxygen atoms in total. The number of aliphatic hydroxyl groups is 1. The molecule has 1 N–H and O–H groups in total. The number of rotatable bonds is 3. The number of hydrogen-bond donors (Lipinski definition) is 1. The van der Waals surface area contributed by atoms with Crippen molar-refractivity contribution in [1.29, 1.82) is 0 Å². The average molecular weight is 275 g/mol. The Hall–Kier alpha value is -1.00. The molecule has 1 saturated heterocycles. The third kappa shape index (κ3) is 2.86. The van der Waals surface area contributed by atoms with E-state index < -0.39 is 5.60 Å². The van der Waals surface area contributed by atoms with E-state index in [9.17, 15) is 5.11 Å². The summed E-state index contributed by atoms with van der Waals surface area (Å²) in [5.41, 5.74) is -0.497. The Labute approximate surface area is 121 Å². The predicted molar refractivity (Wildman–Crippen MR) is 78.0 cm³/mol. The van der Waals surface area contributed by atoms with Gasteiger partial charge in [0.25, 0.3) is 0 Å². The molecule has 3 rings (SSSR count). The third-order valence-corrected chi connectivity index (χ3v) is 5.09. The smallest absolute Gasteiger partial charge is 0.142 e. The largest absolute Gasteiger partial charge is 0.390 e. The summed E-state index contributed by atoms with van der Waals surface area (Å²) < 4.78 is 0. The maximum absolute atomic E-state index is 10.7. The topological polar surface area (TPSA) is 49.2 Å². The van der Waals surface area contributed by atoms with Crippen LogP contribution in [0, 0.1) is 5.92 Å². The summed E-state index contributed by atoms with van der Waals surface area (Å²) in [6.07, 6.45) is 10.6. The van der Waals surface area contributed by atoms with Crippen LogP contribution in [0.25, 0.3) is 0 Å². The summed E-state index contributed by atoms with van der Waals surface area (Å²) in [6.45, 7) is 3.96. The van der Waals surface area contributed by atoms with E-state index in [0.717, 1.165) is 38.2 Å². The second-order valence-electron chi connectivity index (χ2n) is 6.55. The maximum atomic E-state index is 10.7. The van der Waals surface area contributed by atoms with Gasteiger partial charge in [-0.3, -0.25) is 4.90 Å². The molecule has 1 saturated carbocycles. The van der Waals surface area contributed by atoms with E-state index in [4.69, 9.17) is 0 Å². The first-order chi connectivity index (χ1) is 9.67. The predicted octanol–water partition coefficient (Wildman–Crippen LogP) is 2.38. The fraction of sp³-hybridized carbons (Fsp3) is 0.750.